The molecular weight excluding hydrogens is 366 g/mol. The van der Waals surface area contributed by atoms with Gasteiger partial charge in [-0.15, -0.1) is 0 Å². The number of nitrogens with one attached hydrogen (secondary N) is 1. The van der Waals surface area contributed by atoms with Gasteiger partial charge in [0.15, 0.2) is 5.17 Å². The lowest BCUT2D eigenvalue weighted by atomic mass is 10.1. The Morgan fingerprint density at radius 1 is 0.964 bits per heavy atom. The molecule has 140 valence electrons. The number of thioether (sulfide) groups is 1. The molecule has 4 nitrogen and oxygen atoms in total. The number of para-hydroxylation sites is 1. The molecule has 28 heavy (non-hydrogen) atoms. The van der Waals surface area contributed by atoms with Crippen LogP contribution in [0.3, 0.4) is 0 Å². The molecule has 4 rings (SSSR count). The van der Waals surface area contributed by atoms with E-state index in [0.29, 0.717) is 10.1 Å². The monoisotopic (exact) mass is 387 g/mol. The predicted octanol–water partition coefficient (Wildman–Crippen LogP) is 5.29. The molecule has 2 aromatic carbocycles. The molecule has 0 spiro atoms. The number of amidine groups is 1. The molecule has 1 amide bonds. The zero-order valence-corrected chi connectivity index (χ0v) is 16.9. The van der Waals surface area contributed by atoms with Crippen LogP contribution in [0.4, 0.5) is 5.69 Å². The van der Waals surface area contributed by atoms with Gasteiger partial charge in [-0.3, -0.25) is 4.79 Å². The highest BCUT2D eigenvalue weighted by atomic mass is 32.2. The molecule has 5 heteroatoms. The number of aliphatic imine (C=N–C) groups is 1. The maximum absolute atomic E-state index is 12.5. The molecular formula is C23H21N3OS. The van der Waals surface area contributed by atoms with E-state index in [1.807, 2.05) is 48.5 Å². The Bertz CT molecular complexity index is 1110. The minimum Gasteiger partial charge on any atom is -0.314 e. The molecule has 0 bridgehead atoms. The standard InChI is InChI=1S/C23H21N3OS/c1-15-9-11-18(13-16(15)2)24-23-25-22(27)21(28-23)14-20-12-10-17(3)26(20)19-7-5-4-6-8-19/h4-14H,1-3H3,(H,24,25,27)/b21-14-. The number of amides is 1. The summed E-state index contributed by atoms with van der Waals surface area (Å²) >= 11 is 1.37. The summed E-state index contributed by atoms with van der Waals surface area (Å²) in [5, 5.41) is 3.47. The minimum absolute atomic E-state index is 0.119. The van der Waals surface area contributed by atoms with Gasteiger partial charge in [0.1, 0.15) is 0 Å². The summed E-state index contributed by atoms with van der Waals surface area (Å²) in [6.45, 7) is 6.19. The van der Waals surface area contributed by atoms with Gasteiger partial charge in [0, 0.05) is 17.1 Å². The predicted molar refractivity (Wildman–Crippen MR) is 117 cm³/mol. The van der Waals surface area contributed by atoms with E-state index in [9.17, 15) is 4.79 Å². The molecule has 0 radical (unpaired) electrons. The second kappa shape index (κ2) is 7.52. The summed E-state index contributed by atoms with van der Waals surface area (Å²) < 4.78 is 2.14. The second-order valence-electron chi connectivity index (χ2n) is 6.82. The molecule has 1 aliphatic rings. The first kappa shape index (κ1) is 18.3. The Balaban J connectivity index is 1.64. The first-order valence-corrected chi connectivity index (χ1v) is 9.93. The fourth-order valence-corrected chi connectivity index (χ4v) is 3.95. The van der Waals surface area contributed by atoms with Crippen molar-refractivity contribution in [2.75, 3.05) is 0 Å². The van der Waals surface area contributed by atoms with Crippen molar-refractivity contribution < 1.29 is 4.79 Å². The van der Waals surface area contributed by atoms with E-state index in [0.717, 1.165) is 22.8 Å². The molecule has 1 fully saturated rings. The van der Waals surface area contributed by atoms with Gasteiger partial charge in [0.2, 0.25) is 0 Å². The van der Waals surface area contributed by atoms with Gasteiger partial charge in [-0.05, 0) is 86.1 Å². The molecule has 1 N–H and O–H groups in total. The van der Waals surface area contributed by atoms with Crippen LogP contribution in [0, 0.1) is 20.8 Å². The van der Waals surface area contributed by atoms with E-state index in [1.54, 1.807) is 0 Å². The van der Waals surface area contributed by atoms with Crippen LogP contribution in [-0.4, -0.2) is 15.6 Å². The van der Waals surface area contributed by atoms with Crippen LogP contribution in [0.25, 0.3) is 11.8 Å². The quantitative estimate of drug-likeness (QED) is 0.620. The van der Waals surface area contributed by atoms with Gasteiger partial charge >= 0.3 is 0 Å². The summed E-state index contributed by atoms with van der Waals surface area (Å²) in [5.74, 6) is -0.119. The molecule has 0 unspecified atom stereocenters. The van der Waals surface area contributed by atoms with Crippen LogP contribution < -0.4 is 5.32 Å². The van der Waals surface area contributed by atoms with Crippen molar-refractivity contribution in [3.8, 4) is 5.69 Å². The molecule has 2 heterocycles. The molecule has 3 aromatic rings. The first-order chi connectivity index (χ1) is 13.5. The summed E-state index contributed by atoms with van der Waals surface area (Å²) in [4.78, 5) is 17.7. The maximum Gasteiger partial charge on any atom is 0.264 e. The summed E-state index contributed by atoms with van der Waals surface area (Å²) in [6, 6.07) is 20.3. The van der Waals surface area contributed by atoms with Crippen LogP contribution in [0.1, 0.15) is 22.5 Å². The van der Waals surface area contributed by atoms with E-state index in [-0.39, 0.29) is 5.91 Å². The zero-order valence-electron chi connectivity index (χ0n) is 16.1. The lowest BCUT2D eigenvalue weighted by molar-refractivity contribution is -0.115. The van der Waals surface area contributed by atoms with Gasteiger partial charge in [0.25, 0.3) is 5.91 Å². The fourth-order valence-electron chi connectivity index (χ4n) is 3.13. The van der Waals surface area contributed by atoms with Crippen molar-refractivity contribution >= 4 is 34.6 Å². The van der Waals surface area contributed by atoms with Crippen molar-refractivity contribution in [2.24, 2.45) is 4.99 Å². The van der Waals surface area contributed by atoms with Crippen molar-refractivity contribution in [1.29, 1.82) is 0 Å². The highest BCUT2D eigenvalue weighted by Gasteiger charge is 2.24. The third kappa shape index (κ3) is 3.66. The number of hydrogen-bond donors (Lipinski definition) is 1. The molecule has 1 aromatic heterocycles. The maximum atomic E-state index is 12.5. The molecule has 0 saturated carbocycles. The highest BCUT2D eigenvalue weighted by Crippen LogP contribution is 2.29. The summed E-state index contributed by atoms with van der Waals surface area (Å²) in [6.07, 6.45) is 1.92. The second-order valence-corrected chi connectivity index (χ2v) is 7.85. The summed E-state index contributed by atoms with van der Waals surface area (Å²) in [7, 11) is 0. The fraction of sp³-hybridized carbons (Fsp3) is 0.130. The minimum atomic E-state index is -0.119. The number of benzene rings is 2. The van der Waals surface area contributed by atoms with E-state index in [2.05, 4.69) is 53.8 Å². The van der Waals surface area contributed by atoms with Gasteiger partial charge < -0.3 is 9.88 Å². The van der Waals surface area contributed by atoms with E-state index >= 15 is 0 Å². The smallest absolute Gasteiger partial charge is 0.264 e. The molecule has 0 aliphatic carbocycles. The van der Waals surface area contributed by atoms with Crippen molar-refractivity contribution in [1.82, 2.24) is 9.88 Å². The SMILES string of the molecule is Cc1ccc(N=C2NC(=O)/C(=C/c3ccc(C)n3-c3ccccc3)S2)cc1C. The number of nitrogens with zero attached hydrogens (tertiary/aromatic N) is 2. The Hall–Kier alpha value is -3.05. The molecule has 1 aliphatic heterocycles. The van der Waals surface area contributed by atoms with Gasteiger partial charge in [-0.1, -0.05) is 24.3 Å². The van der Waals surface area contributed by atoms with Crippen LogP contribution in [0.2, 0.25) is 0 Å². The third-order valence-electron chi connectivity index (χ3n) is 4.77. The topological polar surface area (TPSA) is 46.4 Å². The lowest BCUT2D eigenvalue weighted by Gasteiger charge is -2.09. The number of aromatic nitrogens is 1. The van der Waals surface area contributed by atoms with Crippen LogP contribution >= 0.6 is 11.8 Å². The van der Waals surface area contributed by atoms with Crippen molar-refractivity contribution in [3.63, 3.8) is 0 Å². The van der Waals surface area contributed by atoms with Gasteiger partial charge in [0.05, 0.1) is 10.6 Å². The number of rotatable bonds is 3. The Morgan fingerprint density at radius 2 is 1.75 bits per heavy atom. The van der Waals surface area contributed by atoms with E-state index < -0.39 is 0 Å². The average Bonchev–Trinajstić information content (AvgIpc) is 3.21. The highest BCUT2D eigenvalue weighted by molar-refractivity contribution is 8.18. The van der Waals surface area contributed by atoms with Crippen LogP contribution in [-0.2, 0) is 4.79 Å². The number of aryl methyl sites for hydroxylation is 3. The van der Waals surface area contributed by atoms with E-state index in [1.165, 1.54) is 22.9 Å². The van der Waals surface area contributed by atoms with E-state index in [4.69, 9.17) is 0 Å². The van der Waals surface area contributed by atoms with Crippen LogP contribution in [0.5, 0.6) is 0 Å². The normalized spacial score (nSPS) is 16.8. The zero-order chi connectivity index (χ0) is 19.7. The van der Waals surface area contributed by atoms with Gasteiger partial charge in [-0.25, -0.2) is 4.99 Å². The third-order valence-corrected chi connectivity index (χ3v) is 5.68. The number of carbonyl (C=O) groups excluding carboxylic acids is 1. The average molecular weight is 388 g/mol. The molecule has 0 atom stereocenters. The lowest BCUT2D eigenvalue weighted by Crippen LogP contribution is -2.19. The first-order valence-electron chi connectivity index (χ1n) is 9.12. The van der Waals surface area contributed by atoms with Crippen LogP contribution in [0.15, 0.2) is 70.6 Å². The number of carbonyl (C=O) groups is 1. The summed E-state index contributed by atoms with van der Waals surface area (Å²) in [5.41, 5.74) is 6.41. The Labute approximate surface area is 169 Å². The van der Waals surface area contributed by atoms with Crippen molar-refractivity contribution in [3.05, 3.63) is 88.1 Å². The Morgan fingerprint density at radius 3 is 2.50 bits per heavy atom. The number of hydrogen-bond acceptors (Lipinski definition) is 3. The largest absolute Gasteiger partial charge is 0.314 e. The van der Waals surface area contributed by atoms with Gasteiger partial charge in [-0.2, -0.15) is 0 Å². The van der Waals surface area contributed by atoms with Crippen molar-refractivity contribution in [2.45, 2.75) is 20.8 Å². The molecule has 1 saturated heterocycles. The Kier molecular flexibility index (Phi) is 4.92.